The molecule has 2 nitrogen and oxygen atoms in total. The van der Waals surface area contributed by atoms with Crippen LogP contribution in [0.1, 0.15) is 22.3 Å². The summed E-state index contributed by atoms with van der Waals surface area (Å²) in [7, 11) is 0. The van der Waals surface area contributed by atoms with Crippen molar-refractivity contribution in [2.75, 3.05) is 4.90 Å². The molecule has 0 unspecified atom stereocenters. The second kappa shape index (κ2) is 15.5. The molecular formula is C61H40F2N2. The van der Waals surface area contributed by atoms with E-state index in [1.54, 1.807) is 0 Å². The number of hydrogen-bond donors (Lipinski definition) is 0. The Morgan fingerprint density at radius 2 is 0.877 bits per heavy atom. The third-order valence-corrected chi connectivity index (χ3v) is 13.2. The molecule has 0 atom stereocenters. The lowest BCUT2D eigenvalue weighted by atomic mass is 9.67. The van der Waals surface area contributed by atoms with Crippen LogP contribution in [-0.4, -0.2) is 4.57 Å². The highest BCUT2D eigenvalue weighted by Crippen LogP contribution is 2.57. The number of aromatic nitrogens is 1. The van der Waals surface area contributed by atoms with Crippen LogP contribution in [0.4, 0.5) is 25.8 Å². The van der Waals surface area contributed by atoms with Crippen molar-refractivity contribution in [3.05, 3.63) is 277 Å². The average Bonchev–Trinajstić information content (AvgIpc) is 3.85. The van der Waals surface area contributed by atoms with Gasteiger partial charge >= 0.3 is 0 Å². The number of nitrogens with zero attached hydrogens (tertiary/aromatic N) is 2. The highest BCUT2D eigenvalue weighted by molar-refractivity contribution is 6.10. The Morgan fingerprint density at radius 3 is 1.60 bits per heavy atom. The van der Waals surface area contributed by atoms with E-state index in [1.165, 1.54) is 46.1 Å². The largest absolute Gasteiger partial charge is 0.310 e. The van der Waals surface area contributed by atoms with E-state index in [2.05, 4.69) is 191 Å². The first-order valence-electron chi connectivity index (χ1n) is 22.0. The Morgan fingerprint density at radius 1 is 0.338 bits per heavy atom. The Kier molecular flexibility index (Phi) is 9.13. The maximum Gasteiger partial charge on any atom is 0.123 e. The molecule has 0 saturated carbocycles. The lowest BCUT2D eigenvalue weighted by Gasteiger charge is -2.35. The van der Waals surface area contributed by atoms with Crippen molar-refractivity contribution in [1.82, 2.24) is 4.57 Å². The summed E-state index contributed by atoms with van der Waals surface area (Å²) in [6.45, 7) is 0. The molecule has 0 saturated heterocycles. The molecule has 0 aliphatic heterocycles. The van der Waals surface area contributed by atoms with Crippen LogP contribution in [-0.2, 0) is 5.41 Å². The third kappa shape index (κ3) is 6.29. The van der Waals surface area contributed by atoms with Crippen molar-refractivity contribution in [3.8, 4) is 39.1 Å². The van der Waals surface area contributed by atoms with Crippen molar-refractivity contribution in [2.24, 2.45) is 0 Å². The number of anilines is 3. The average molecular weight is 839 g/mol. The van der Waals surface area contributed by atoms with Crippen molar-refractivity contribution >= 4 is 38.9 Å². The quantitative estimate of drug-likeness (QED) is 0.148. The van der Waals surface area contributed by atoms with E-state index in [0.29, 0.717) is 0 Å². The fourth-order valence-electron chi connectivity index (χ4n) is 10.3. The van der Waals surface area contributed by atoms with Crippen LogP contribution in [0.2, 0.25) is 0 Å². The molecule has 0 spiro atoms. The molecular weight excluding hydrogens is 799 g/mol. The highest BCUT2D eigenvalue weighted by Gasteiger charge is 2.46. The normalized spacial score (nSPS) is 12.6. The van der Waals surface area contributed by atoms with E-state index < -0.39 is 5.41 Å². The molecule has 1 aliphatic rings. The number of rotatable bonds is 8. The van der Waals surface area contributed by atoms with Gasteiger partial charge in [-0.25, -0.2) is 8.78 Å². The monoisotopic (exact) mass is 838 g/mol. The Labute approximate surface area is 376 Å². The van der Waals surface area contributed by atoms with Gasteiger partial charge in [0.05, 0.1) is 16.4 Å². The minimum atomic E-state index is -0.840. The second-order valence-corrected chi connectivity index (χ2v) is 16.8. The lowest BCUT2D eigenvalue weighted by molar-refractivity contribution is 0.622. The minimum Gasteiger partial charge on any atom is -0.310 e. The van der Waals surface area contributed by atoms with E-state index in [9.17, 15) is 8.78 Å². The number of fused-ring (bicyclic) bond motifs is 6. The van der Waals surface area contributed by atoms with Crippen molar-refractivity contribution in [3.63, 3.8) is 0 Å². The van der Waals surface area contributed by atoms with E-state index >= 15 is 0 Å². The molecule has 0 N–H and O–H groups in total. The molecule has 1 heterocycles. The summed E-state index contributed by atoms with van der Waals surface area (Å²) >= 11 is 0. The predicted molar refractivity (Wildman–Crippen MR) is 264 cm³/mol. The first-order chi connectivity index (χ1) is 32.0. The fraction of sp³-hybridized carbons (Fsp3) is 0.0164. The van der Waals surface area contributed by atoms with Gasteiger partial charge in [0.2, 0.25) is 0 Å². The van der Waals surface area contributed by atoms with Gasteiger partial charge in [0.15, 0.2) is 0 Å². The van der Waals surface area contributed by atoms with Gasteiger partial charge in [-0.2, -0.15) is 0 Å². The number of benzene rings is 10. The van der Waals surface area contributed by atoms with E-state index in [1.807, 2.05) is 36.4 Å². The summed E-state index contributed by atoms with van der Waals surface area (Å²) in [5, 5.41) is 2.44. The molecule has 0 fully saturated rings. The van der Waals surface area contributed by atoms with Gasteiger partial charge in [-0.15, -0.1) is 0 Å². The predicted octanol–water partition coefficient (Wildman–Crippen LogP) is 16.2. The third-order valence-electron chi connectivity index (χ3n) is 13.2. The molecule has 0 radical (unpaired) electrons. The summed E-state index contributed by atoms with van der Waals surface area (Å²) < 4.78 is 31.7. The molecule has 1 aliphatic carbocycles. The molecule has 4 heteroatoms. The fourth-order valence-corrected chi connectivity index (χ4v) is 10.3. The Balaban J connectivity index is 0.986. The SMILES string of the molecule is Fc1ccc(C2(c3ccc(F)cc3)c3ccccc3-c3ccc(N(c4ccccc4)c4cccc(-c5cccc(-c6ccc7c(c6)c6ccccc6n7-c6ccccc6)c5)c4)cc32)cc1. The maximum atomic E-state index is 14.7. The van der Waals surface area contributed by atoms with Crippen LogP contribution in [0.3, 0.4) is 0 Å². The van der Waals surface area contributed by atoms with Crippen LogP contribution in [0, 0.1) is 11.6 Å². The van der Waals surface area contributed by atoms with Gasteiger partial charge in [-0.05, 0) is 153 Å². The summed E-state index contributed by atoms with van der Waals surface area (Å²) in [4.78, 5) is 2.30. The smallest absolute Gasteiger partial charge is 0.123 e. The summed E-state index contributed by atoms with van der Waals surface area (Å²) in [6.07, 6.45) is 0. The zero-order chi connectivity index (χ0) is 43.5. The topological polar surface area (TPSA) is 8.17 Å². The van der Waals surface area contributed by atoms with E-state index in [-0.39, 0.29) is 11.6 Å². The Hall–Kier alpha value is -8.34. The van der Waals surface area contributed by atoms with E-state index in [4.69, 9.17) is 0 Å². The second-order valence-electron chi connectivity index (χ2n) is 16.8. The molecule has 0 amide bonds. The van der Waals surface area contributed by atoms with Crippen LogP contribution in [0.5, 0.6) is 0 Å². The number of hydrogen-bond acceptors (Lipinski definition) is 1. The zero-order valence-corrected chi connectivity index (χ0v) is 35.2. The molecule has 0 bridgehead atoms. The number of para-hydroxylation sites is 3. The van der Waals surface area contributed by atoms with Crippen LogP contribution in [0.25, 0.3) is 60.9 Å². The van der Waals surface area contributed by atoms with Gasteiger partial charge in [0.25, 0.3) is 0 Å². The van der Waals surface area contributed by atoms with Crippen molar-refractivity contribution in [2.45, 2.75) is 5.41 Å². The Bertz CT molecular complexity index is 3510. The zero-order valence-electron chi connectivity index (χ0n) is 35.2. The molecule has 10 aromatic carbocycles. The molecule has 11 aromatic rings. The highest BCUT2D eigenvalue weighted by atomic mass is 19.1. The summed E-state index contributed by atoms with van der Waals surface area (Å²) in [6, 6.07) is 82.6. The summed E-state index contributed by atoms with van der Waals surface area (Å²) in [5.74, 6) is -0.616. The van der Waals surface area contributed by atoms with E-state index in [0.717, 1.165) is 78.4 Å². The summed E-state index contributed by atoms with van der Waals surface area (Å²) in [5.41, 5.74) is 16.2. The maximum absolute atomic E-state index is 14.7. The van der Waals surface area contributed by atoms with Crippen LogP contribution < -0.4 is 4.90 Å². The molecule has 308 valence electrons. The molecule has 1 aromatic heterocycles. The van der Waals surface area contributed by atoms with Crippen molar-refractivity contribution in [1.29, 1.82) is 0 Å². The van der Waals surface area contributed by atoms with Gasteiger partial charge in [-0.1, -0.05) is 146 Å². The first-order valence-corrected chi connectivity index (χ1v) is 22.0. The van der Waals surface area contributed by atoms with Crippen LogP contribution in [0.15, 0.2) is 243 Å². The molecule has 12 rings (SSSR count). The standard InChI is InChI=1S/C61H40F2N2/c62-47-30-26-45(27-31-47)61(46-28-32-48(63)33-29-46)57-23-9-7-21-53(57)54-35-34-52(40-58(54)61)64(49-16-3-1-4-17-49)51-20-12-15-43(38-51)41-13-11-14-42(37-41)44-25-36-60-56(39-44)55-22-8-10-24-59(55)65(60)50-18-5-2-6-19-50/h1-40H. The van der Waals surface area contributed by atoms with Gasteiger partial charge in [0.1, 0.15) is 11.6 Å². The minimum absolute atomic E-state index is 0.308. The number of halogens is 2. The van der Waals surface area contributed by atoms with Gasteiger partial charge in [-0.3, -0.25) is 0 Å². The van der Waals surface area contributed by atoms with Crippen molar-refractivity contribution < 1.29 is 8.78 Å². The first kappa shape index (κ1) is 38.3. The lowest BCUT2D eigenvalue weighted by Crippen LogP contribution is -2.29. The van der Waals surface area contributed by atoms with Crippen LogP contribution >= 0.6 is 0 Å². The van der Waals surface area contributed by atoms with Gasteiger partial charge in [0, 0.05) is 33.5 Å². The van der Waals surface area contributed by atoms with Gasteiger partial charge < -0.3 is 9.47 Å². The molecule has 65 heavy (non-hydrogen) atoms.